The third kappa shape index (κ3) is 3.45. The predicted molar refractivity (Wildman–Crippen MR) is 113 cm³/mol. The SMILES string of the molecule is Cc1cc(Nc2nc(N[C@@H]3C[C@H]4CC[C@@H](C3)N4CCC#N)nc3c2cnn3C)n[nH]1. The Hall–Kier alpha value is -3.19. The summed E-state index contributed by atoms with van der Waals surface area (Å²) >= 11 is 0. The van der Waals surface area contributed by atoms with Gasteiger partial charge >= 0.3 is 0 Å². The van der Waals surface area contributed by atoms with Gasteiger partial charge in [-0.3, -0.25) is 14.7 Å². The van der Waals surface area contributed by atoms with Crippen LogP contribution in [0.1, 0.15) is 37.8 Å². The highest BCUT2D eigenvalue weighted by atomic mass is 15.3. The van der Waals surface area contributed by atoms with E-state index in [4.69, 9.17) is 15.2 Å². The van der Waals surface area contributed by atoms with Gasteiger partial charge < -0.3 is 10.6 Å². The lowest BCUT2D eigenvalue weighted by Crippen LogP contribution is -2.47. The van der Waals surface area contributed by atoms with Crippen LogP contribution >= 0.6 is 0 Å². The molecule has 0 saturated carbocycles. The highest BCUT2D eigenvalue weighted by molar-refractivity contribution is 5.89. The quantitative estimate of drug-likeness (QED) is 0.570. The van der Waals surface area contributed by atoms with Crippen LogP contribution in [0.3, 0.4) is 0 Å². The maximum atomic E-state index is 8.94. The highest BCUT2D eigenvalue weighted by Gasteiger charge is 2.40. The summed E-state index contributed by atoms with van der Waals surface area (Å²) in [6.45, 7) is 2.84. The van der Waals surface area contributed by atoms with Gasteiger partial charge in [0, 0.05) is 49.9 Å². The standard InChI is InChI=1S/C20H26N10/c1-12-8-17(28-27-12)24-18-16-11-22-29(2)19(16)26-20(25-18)23-13-9-14-4-5-15(10-13)30(14)7-3-6-21/h8,11,13-15H,3-5,7,9-10H2,1-2H3,(H3,23,24,25,26,27,28)/t13-,14-,15+. The van der Waals surface area contributed by atoms with Crippen LogP contribution in [-0.2, 0) is 7.05 Å². The van der Waals surface area contributed by atoms with Crippen LogP contribution in [0.15, 0.2) is 12.3 Å². The van der Waals surface area contributed by atoms with Crippen molar-refractivity contribution in [1.29, 1.82) is 5.26 Å². The van der Waals surface area contributed by atoms with Gasteiger partial charge in [-0.05, 0) is 32.6 Å². The van der Waals surface area contributed by atoms with Crippen LogP contribution in [0.2, 0.25) is 0 Å². The number of hydrogen-bond donors (Lipinski definition) is 3. The Kier molecular flexibility index (Phi) is 4.75. The van der Waals surface area contributed by atoms with Gasteiger partial charge in [-0.1, -0.05) is 0 Å². The van der Waals surface area contributed by atoms with E-state index in [2.05, 4.69) is 36.9 Å². The first-order valence-electron chi connectivity index (χ1n) is 10.5. The van der Waals surface area contributed by atoms with Crippen molar-refractivity contribution in [2.45, 2.75) is 57.2 Å². The molecule has 0 spiro atoms. The van der Waals surface area contributed by atoms with Gasteiger partial charge in [0.25, 0.3) is 0 Å². The lowest BCUT2D eigenvalue weighted by molar-refractivity contribution is 0.135. The average molecular weight is 406 g/mol. The van der Waals surface area contributed by atoms with E-state index in [0.29, 0.717) is 42.1 Å². The second-order valence-corrected chi connectivity index (χ2v) is 8.31. The van der Waals surface area contributed by atoms with Crippen molar-refractivity contribution < 1.29 is 0 Å². The van der Waals surface area contributed by atoms with E-state index in [1.807, 2.05) is 20.0 Å². The predicted octanol–water partition coefficient (Wildman–Crippen LogP) is 2.46. The summed E-state index contributed by atoms with van der Waals surface area (Å²) in [5.74, 6) is 2.01. The van der Waals surface area contributed by atoms with E-state index in [9.17, 15) is 0 Å². The molecule has 156 valence electrons. The summed E-state index contributed by atoms with van der Waals surface area (Å²) in [6, 6.07) is 5.63. The fourth-order valence-corrected chi connectivity index (χ4v) is 4.90. The van der Waals surface area contributed by atoms with Gasteiger partial charge in [0.2, 0.25) is 5.95 Å². The molecule has 2 saturated heterocycles. The number of hydrogen-bond acceptors (Lipinski definition) is 8. The van der Waals surface area contributed by atoms with Gasteiger partial charge in [0.05, 0.1) is 17.7 Å². The number of aromatic amines is 1. The van der Waals surface area contributed by atoms with Crippen molar-refractivity contribution in [3.8, 4) is 6.07 Å². The first kappa shape index (κ1) is 18.8. The molecule has 2 aliphatic heterocycles. The van der Waals surface area contributed by atoms with Crippen molar-refractivity contribution >= 4 is 28.6 Å². The number of rotatable bonds is 6. The van der Waals surface area contributed by atoms with Crippen molar-refractivity contribution in [1.82, 2.24) is 34.8 Å². The summed E-state index contributed by atoms with van der Waals surface area (Å²) in [6.07, 6.45) is 6.90. The lowest BCUT2D eigenvalue weighted by Gasteiger charge is -2.38. The van der Waals surface area contributed by atoms with Crippen molar-refractivity contribution in [2.24, 2.45) is 7.05 Å². The molecule has 0 amide bonds. The Morgan fingerprint density at radius 2 is 2.07 bits per heavy atom. The molecule has 0 unspecified atom stereocenters. The number of aryl methyl sites for hydroxylation is 2. The van der Waals surface area contributed by atoms with E-state index < -0.39 is 0 Å². The van der Waals surface area contributed by atoms with Crippen LogP contribution in [0.4, 0.5) is 17.6 Å². The molecule has 30 heavy (non-hydrogen) atoms. The van der Waals surface area contributed by atoms with Crippen LogP contribution in [-0.4, -0.2) is 59.5 Å². The van der Waals surface area contributed by atoms with E-state index in [0.717, 1.165) is 36.1 Å². The average Bonchev–Trinajstić information content (AvgIpc) is 3.37. The summed E-state index contributed by atoms with van der Waals surface area (Å²) in [5, 5.41) is 28.2. The minimum absolute atomic E-state index is 0.326. The monoisotopic (exact) mass is 406 g/mol. The van der Waals surface area contributed by atoms with Crippen molar-refractivity contribution in [2.75, 3.05) is 17.2 Å². The lowest BCUT2D eigenvalue weighted by atomic mass is 9.97. The first-order chi connectivity index (χ1) is 14.6. The maximum absolute atomic E-state index is 8.94. The van der Waals surface area contributed by atoms with Crippen LogP contribution < -0.4 is 10.6 Å². The van der Waals surface area contributed by atoms with Gasteiger partial charge in [0.1, 0.15) is 5.82 Å². The maximum Gasteiger partial charge on any atom is 0.226 e. The number of H-pyrrole nitrogens is 1. The Bertz CT molecular complexity index is 1080. The van der Waals surface area contributed by atoms with Crippen LogP contribution in [0.25, 0.3) is 11.0 Å². The van der Waals surface area contributed by atoms with Crippen LogP contribution in [0, 0.1) is 18.3 Å². The topological polar surface area (TPSA) is 123 Å². The minimum Gasteiger partial charge on any atom is -0.351 e. The molecule has 0 aliphatic carbocycles. The largest absolute Gasteiger partial charge is 0.351 e. The second-order valence-electron chi connectivity index (χ2n) is 8.31. The summed E-state index contributed by atoms with van der Waals surface area (Å²) < 4.78 is 1.76. The first-order valence-corrected chi connectivity index (χ1v) is 10.5. The molecule has 2 bridgehead atoms. The third-order valence-electron chi connectivity index (χ3n) is 6.24. The van der Waals surface area contributed by atoms with Gasteiger partial charge in [-0.15, -0.1) is 0 Å². The number of aromatic nitrogens is 6. The molecule has 3 atom stereocenters. The Labute approximate surface area is 174 Å². The normalized spacial score (nSPS) is 23.6. The molecule has 0 radical (unpaired) electrons. The Balaban J connectivity index is 1.37. The van der Waals surface area contributed by atoms with Gasteiger partial charge in [0.15, 0.2) is 11.5 Å². The van der Waals surface area contributed by atoms with Crippen molar-refractivity contribution in [3.63, 3.8) is 0 Å². The number of anilines is 3. The second kappa shape index (κ2) is 7.57. The molecule has 2 aliphatic rings. The molecule has 3 aromatic rings. The minimum atomic E-state index is 0.326. The highest BCUT2D eigenvalue weighted by Crippen LogP contribution is 2.37. The number of nitrogens with one attached hydrogen (secondary N) is 3. The zero-order valence-corrected chi connectivity index (χ0v) is 17.3. The molecule has 0 aromatic carbocycles. The van der Waals surface area contributed by atoms with Crippen molar-refractivity contribution in [3.05, 3.63) is 18.0 Å². The number of fused-ring (bicyclic) bond motifs is 3. The molecular formula is C20H26N10. The number of nitriles is 1. The molecule has 10 heteroatoms. The Morgan fingerprint density at radius 3 is 2.77 bits per heavy atom. The summed E-state index contributed by atoms with van der Waals surface area (Å²) in [7, 11) is 1.88. The third-order valence-corrected chi connectivity index (χ3v) is 6.24. The molecular weight excluding hydrogens is 380 g/mol. The molecule has 3 aromatic heterocycles. The zero-order chi connectivity index (χ0) is 20.7. The molecule has 3 N–H and O–H groups in total. The summed E-state index contributed by atoms with van der Waals surface area (Å²) in [4.78, 5) is 12.0. The van der Waals surface area contributed by atoms with E-state index in [1.54, 1.807) is 10.9 Å². The summed E-state index contributed by atoms with van der Waals surface area (Å²) in [5.41, 5.74) is 1.75. The van der Waals surface area contributed by atoms with E-state index in [-0.39, 0.29) is 0 Å². The smallest absolute Gasteiger partial charge is 0.226 e. The van der Waals surface area contributed by atoms with E-state index in [1.165, 1.54) is 12.8 Å². The number of nitrogens with zero attached hydrogens (tertiary/aromatic N) is 7. The number of piperidine rings is 1. The molecule has 10 nitrogen and oxygen atoms in total. The zero-order valence-electron chi connectivity index (χ0n) is 17.3. The molecule has 5 rings (SSSR count). The van der Waals surface area contributed by atoms with E-state index >= 15 is 0 Å². The van der Waals surface area contributed by atoms with Crippen LogP contribution in [0.5, 0.6) is 0 Å². The fraction of sp³-hybridized carbons (Fsp3) is 0.550. The fourth-order valence-electron chi connectivity index (χ4n) is 4.90. The Morgan fingerprint density at radius 1 is 1.27 bits per heavy atom. The molecule has 2 fully saturated rings. The van der Waals surface area contributed by atoms with Gasteiger partial charge in [-0.25, -0.2) is 0 Å². The van der Waals surface area contributed by atoms with Gasteiger partial charge in [-0.2, -0.15) is 25.4 Å². The molecule has 5 heterocycles.